The third-order valence-electron chi connectivity index (χ3n) is 4.95. The van der Waals surface area contributed by atoms with Crippen LogP contribution in [-0.4, -0.2) is 23.3 Å². The highest BCUT2D eigenvalue weighted by molar-refractivity contribution is 5.85. The zero-order valence-electron chi connectivity index (χ0n) is 15.7. The lowest BCUT2D eigenvalue weighted by Crippen LogP contribution is -2.40. The van der Waals surface area contributed by atoms with Gasteiger partial charge < -0.3 is 9.84 Å². The molecule has 0 aromatic heterocycles. The average Bonchev–Trinajstić information content (AvgIpc) is 2.72. The second kappa shape index (κ2) is 8.83. The van der Waals surface area contributed by atoms with Crippen molar-refractivity contribution in [3.63, 3.8) is 0 Å². The highest BCUT2D eigenvalue weighted by Gasteiger charge is 2.37. The summed E-state index contributed by atoms with van der Waals surface area (Å²) >= 11 is 0. The molecule has 0 bridgehead atoms. The Morgan fingerprint density at radius 2 is 1.67 bits per heavy atom. The molecule has 0 amide bonds. The van der Waals surface area contributed by atoms with Gasteiger partial charge in [-0.1, -0.05) is 86.5 Å². The number of carboxylic acid groups (broad SMARTS) is 1. The molecule has 0 saturated carbocycles. The molecule has 1 atom stereocenters. The molecule has 2 aromatic rings. The molecule has 140 valence electrons. The summed E-state index contributed by atoms with van der Waals surface area (Å²) in [6.45, 7) is 2.59. The number of carbonyl (C=O) groups is 1. The minimum absolute atomic E-state index is 0.348. The molecule has 0 aliphatic heterocycles. The van der Waals surface area contributed by atoms with Crippen LogP contribution in [0.5, 0.6) is 0 Å². The molecule has 27 heavy (non-hydrogen) atoms. The Kier molecular flexibility index (Phi) is 6.25. The monoisotopic (exact) mass is 362 g/mol. The van der Waals surface area contributed by atoms with Crippen LogP contribution in [0.25, 0.3) is 16.7 Å². The van der Waals surface area contributed by atoms with Crippen LogP contribution in [0, 0.1) is 0 Å². The van der Waals surface area contributed by atoms with Crippen LogP contribution in [0.1, 0.15) is 38.2 Å². The van der Waals surface area contributed by atoms with Crippen LogP contribution in [0.4, 0.5) is 0 Å². The van der Waals surface area contributed by atoms with Crippen molar-refractivity contribution in [2.45, 2.75) is 38.2 Å². The average molecular weight is 362 g/mol. The quantitative estimate of drug-likeness (QED) is 0.610. The molecule has 0 saturated heterocycles. The van der Waals surface area contributed by atoms with E-state index in [2.05, 4.69) is 43.3 Å². The van der Waals surface area contributed by atoms with Gasteiger partial charge in [0.2, 0.25) is 0 Å². The molecule has 1 N–H and O–H groups in total. The van der Waals surface area contributed by atoms with E-state index in [9.17, 15) is 9.90 Å². The lowest BCUT2D eigenvalue weighted by molar-refractivity contribution is -0.159. The van der Waals surface area contributed by atoms with Crippen molar-refractivity contribution in [2.75, 3.05) is 6.61 Å². The topological polar surface area (TPSA) is 46.5 Å². The number of allylic oxidation sites excluding steroid dienone is 2. The van der Waals surface area contributed by atoms with E-state index in [0.29, 0.717) is 13.0 Å². The summed E-state index contributed by atoms with van der Waals surface area (Å²) in [6, 6.07) is 18.6. The largest absolute Gasteiger partial charge is 0.479 e. The molecule has 0 heterocycles. The van der Waals surface area contributed by atoms with Crippen LogP contribution in [0.2, 0.25) is 0 Å². The molecule has 0 spiro atoms. The van der Waals surface area contributed by atoms with Gasteiger partial charge in [-0.05, 0) is 34.8 Å². The predicted molar refractivity (Wildman–Crippen MR) is 109 cm³/mol. The minimum Gasteiger partial charge on any atom is -0.479 e. The lowest BCUT2D eigenvalue weighted by atomic mass is 9.89. The summed E-state index contributed by atoms with van der Waals surface area (Å²) in [4.78, 5) is 11.8. The van der Waals surface area contributed by atoms with E-state index in [0.717, 1.165) is 30.4 Å². The predicted octanol–water partition coefficient (Wildman–Crippen LogP) is 5.73. The van der Waals surface area contributed by atoms with Crippen molar-refractivity contribution in [3.8, 4) is 11.1 Å². The molecule has 1 unspecified atom stereocenters. The number of benzene rings is 2. The van der Waals surface area contributed by atoms with Gasteiger partial charge in [-0.25, -0.2) is 4.79 Å². The van der Waals surface area contributed by atoms with Crippen LogP contribution in [-0.2, 0) is 9.53 Å². The zero-order chi connectivity index (χ0) is 19.1. The van der Waals surface area contributed by atoms with Gasteiger partial charge in [-0.2, -0.15) is 0 Å². The van der Waals surface area contributed by atoms with E-state index in [4.69, 9.17) is 4.74 Å². The first kappa shape index (κ1) is 19.1. The van der Waals surface area contributed by atoms with Crippen molar-refractivity contribution < 1.29 is 14.6 Å². The molecule has 1 aliphatic carbocycles. The summed E-state index contributed by atoms with van der Waals surface area (Å²) < 4.78 is 5.76. The normalized spacial score (nSPS) is 18.9. The van der Waals surface area contributed by atoms with Crippen molar-refractivity contribution in [2.24, 2.45) is 0 Å². The molecule has 3 rings (SSSR count). The number of rotatable bonds is 8. The Morgan fingerprint density at radius 3 is 2.26 bits per heavy atom. The van der Waals surface area contributed by atoms with Gasteiger partial charge in [0.25, 0.3) is 0 Å². The van der Waals surface area contributed by atoms with E-state index in [1.54, 1.807) is 6.08 Å². The van der Waals surface area contributed by atoms with Gasteiger partial charge in [0.05, 0.1) is 0 Å². The van der Waals surface area contributed by atoms with Gasteiger partial charge in [-0.15, -0.1) is 0 Å². The molecule has 2 aromatic carbocycles. The first-order valence-corrected chi connectivity index (χ1v) is 9.57. The number of ether oxygens (including phenoxy) is 1. The molecule has 0 radical (unpaired) electrons. The maximum atomic E-state index is 11.8. The zero-order valence-corrected chi connectivity index (χ0v) is 15.7. The summed E-state index contributed by atoms with van der Waals surface area (Å²) in [5.74, 6) is -0.926. The van der Waals surface area contributed by atoms with E-state index >= 15 is 0 Å². The van der Waals surface area contributed by atoms with E-state index in [1.807, 2.05) is 30.4 Å². The fourth-order valence-electron chi connectivity index (χ4n) is 3.26. The highest BCUT2D eigenvalue weighted by atomic mass is 16.5. The van der Waals surface area contributed by atoms with Crippen LogP contribution in [0.3, 0.4) is 0 Å². The van der Waals surface area contributed by atoms with Crippen LogP contribution in [0.15, 0.2) is 72.8 Å². The van der Waals surface area contributed by atoms with Crippen molar-refractivity contribution in [1.29, 1.82) is 0 Å². The van der Waals surface area contributed by atoms with Crippen molar-refractivity contribution in [3.05, 3.63) is 78.4 Å². The highest BCUT2D eigenvalue weighted by Crippen LogP contribution is 2.31. The molecular formula is C24H26O3. The molecular weight excluding hydrogens is 336 g/mol. The van der Waals surface area contributed by atoms with E-state index < -0.39 is 11.6 Å². The number of hydrogen-bond donors (Lipinski definition) is 1. The standard InChI is InChI=1S/C24H26O3/c1-2-3-7-18-27-24(23(25)26)16-14-22(15-17-24)21-12-10-20(11-13-21)19-8-5-4-6-9-19/h4-6,8-16H,2-3,7,17-18H2,1H3,(H,25,26). The van der Waals surface area contributed by atoms with Crippen LogP contribution < -0.4 is 0 Å². The summed E-state index contributed by atoms with van der Waals surface area (Å²) in [5.41, 5.74) is 3.22. The SMILES string of the molecule is CCCCCOC1(C(=O)O)C=CC(c2ccc(-c3ccccc3)cc2)=CC1. The Balaban J connectivity index is 1.70. The Hall–Kier alpha value is -2.65. The van der Waals surface area contributed by atoms with Gasteiger partial charge >= 0.3 is 5.97 Å². The van der Waals surface area contributed by atoms with E-state index in [-0.39, 0.29) is 0 Å². The summed E-state index contributed by atoms with van der Waals surface area (Å²) in [5, 5.41) is 9.66. The fourth-order valence-corrected chi connectivity index (χ4v) is 3.26. The number of aliphatic carboxylic acids is 1. The third-order valence-corrected chi connectivity index (χ3v) is 4.95. The minimum atomic E-state index is -1.23. The van der Waals surface area contributed by atoms with Crippen molar-refractivity contribution in [1.82, 2.24) is 0 Å². The lowest BCUT2D eigenvalue weighted by Gasteiger charge is -2.28. The molecule has 3 heteroatoms. The number of unbranched alkanes of at least 4 members (excludes halogenated alkanes) is 2. The van der Waals surface area contributed by atoms with Gasteiger partial charge in [-0.3, -0.25) is 0 Å². The molecule has 3 nitrogen and oxygen atoms in total. The smallest absolute Gasteiger partial charge is 0.340 e. The van der Waals surface area contributed by atoms with Gasteiger partial charge in [0, 0.05) is 13.0 Å². The van der Waals surface area contributed by atoms with Gasteiger partial charge in [0.15, 0.2) is 5.60 Å². The first-order chi connectivity index (χ1) is 13.1. The maximum Gasteiger partial charge on any atom is 0.340 e. The van der Waals surface area contributed by atoms with Crippen molar-refractivity contribution >= 4 is 11.5 Å². The second-order valence-corrected chi connectivity index (χ2v) is 6.89. The van der Waals surface area contributed by atoms with Crippen LogP contribution >= 0.6 is 0 Å². The first-order valence-electron chi connectivity index (χ1n) is 9.57. The Labute approximate surface area is 161 Å². The number of hydrogen-bond acceptors (Lipinski definition) is 2. The summed E-state index contributed by atoms with van der Waals surface area (Å²) in [6.07, 6.45) is 8.90. The Bertz CT molecular complexity index is 818. The Morgan fingerprint density at radius 1 is 1.00 bits per heavy atom. The number of carboxylic acids is 1. The second-order valence-electron chi connectivity index (χ2n) is 6.89. The molecule has 1 aliphatic rings. The summed E-state index contributed by atoms with van der Waals surface area (Å²) in [7, 11) is 0. The van der Waals surface area contributed by atoms with E-state index in [1.165, 1.54) is 11.1 Å². The molecule has 0 fully saturated rings. The maximum absolute atomic E-state index is 11.8. The third kappa shape index (κ3) is 4.55. The van der Waals surface area contributed by atoms with Gasteiger partial charge in [0.1, 0.15) is 0 Å². The fraction of sp³-hybridized carbons (Fsp3) is 0.292.